The van der Waals surface area contributed by atoms with Crippen LogP contribution >= 0.6 is 0 Å². The molecule has 1 aliphatic heterocycles. The Labute approximate surface area is 678 Å². The van der Waals surface area contributed by atoms with Gasteiger partial charge in [0.15, 0.2) is 5.96 Å². The van der Waals surface area contributed by atoms with Gasteiger partial charge in [0.25, 0.3) is 0 Å². The summed E-state index contributed by atoms with van der Waals surface area (Å²) in [4.78, 5) is 194. The van der Waals surface area contributed by atoms with E-state index in [1.54, 1.807) is 108 Å². The molecule has 6 rings (SSSR count). The number of aromatic nitrogens is 1. The van der Waals surface area contributed by atoms with Gasteiger partial charge in [0.2, 0.25) is 76.8 Å². The average Bonchev–Trinajstić information content (AvgIpc) is 1.65. The first-order chi connectivity index (χ1) is 55.3. The minimum absolute atomic E-state index is 0.0156. The van der Waals surface area contributed by atoms with Gasteiger partial charge in [0.05, 0.1) is 19.2 Å². The van der Waals surface area contributed by atoms with Crippen molar-refractivity contribution < 1.29 is 67.4 Å². The van der Waals surface area contributed by atoms with E-state index >= 15 is 4.79 Å². The maximum atomic E-state index is 15.1. The lowest BCUT2D eigenvalue weighted by molar-refractivity contribution is -0.143. The highest BCUT2D eigenvalue weighted by Gasteiger charge is 2.42. The first-order valence-electron chi connectivity index (χ1n) is 40.0. The van der Waals surface area contributed by atoms with Crippen LogP contribution in [0, 0.1) is 23.7 Å². The fourth-order valence-electron chi connectivity index (χ4n) is 13.6. The zero-order valence-corrected chi connectivity index (χ0v) is 67.8. The van der Waals surface area contributed by atoms with Crippen LogP contribution in [0.3, 0.4) is 0 Å². The number of primary amides is 1. The Bertz CT molecular complexity index is 4110. The standard InChI is InChI=1S/C83H121N19O14/c1-9-51(8)70(81(115)94-61(71(86)105)39-48(2)3)101-75(109)59(34-23-37-89-83(87)88)92-68(104)46-91-73(107)62(40-49(4)5)95-76(110)63(42-53-27-15-11-16-28-53)96-74(108)60(33-21-22-36-84)93-79(113)66(47-103)99-77(111)64(43-54-29-17-12-18-30-54)97-78(112)65(44-55-45-90-58-32-20-19-31-56(55)58)98-80(114)67-35-24-38-102(67)82(116)69(50(6)7)100-72(106)57(85)41-52-25-13-10-14-26-52/h10-20,25-32,45,48-51,57,59-67,69-70,90,103H,9,21-24,33-44,46-47,84-85H2,1-8H3,(H2,86,105)(H,91,107)(H,92,104)(H,93,113)(H,94,115)(H,95,110)(H,96,108)(H,97,112)(H,98,114)(H,99,111)(H,100,106)(H,101,109)(H4,87,88,89)/t51-,57-,59-,60-,61-,62-,63-,64-,65-,66-,67-,69-,70-/m0/s1. The SMILES string of the molecule is CC[C@H](C)[C@H](NC(=O)[C@H](CCCN=C(N)N)NC(=O)CNC(=O)[C@H](CC(C)C)NC(=O)[C@H](Cc1ccccc1)NC(=O)[C@H](CCCCN)NC(=O)[C@H](CO)NC(=O)[C@H](Cc1ccccc1)NC(=O)[C@H](Cc1c[nH]c2ccccc12)NC(=O)[C@@H]1CCCN1C(=O)[C@@H](NC(=O)[C@@H](N)Cc1ccccc1)C(C)C)C(=O)N[C@@H](CC(C)C)C(N)=O. The summed E-state index contributed by atoms with van der Waals surface area (Å²) in [5, 5.41) is 41.5. The summed E-state index contributed by atoms with van der Waals surface area (Å²) in [6.45, 7) is 13.1. The van der Waals surface area contributed by atoms with Gasteiger partial charge < -0.3 is 102 Å². The number of amides is 13. The molecule has 33 nitrogen and oxygen atoms in total. The van der Waals surface area contributed by atoms with E-state index in [2.05, 4.69) is 68.5 Å². The summed E-state index contributed by atoms with van der Waals surface area (Å²) in [6, 6.07) is 18.2. The number of aromatic amines is 1. The highest BCUT2D eigenvalue weighted by molar-refractivity contribution is 6.00. The van der Waals surface area contributed by atoms with Gasteiger partial charge in [-0.25, -0.2) is 0 Å². The number of rotatable bonds is 48. The first kappa shape index (κ1) is 93.5. The number of carbonyl (C=O) groups excluding carboxylic acids is 13. The second-order valence-corrected chi connectivity index (χ2v) is 30.9. The molecular formula is C83H121N19O14. The van der Waals surface area contributed by atoms with Crippen LogP contribution in [0.4, 0.5) is 0 Å². The van der Waals surface area contributed by atoms with Crippen molar-refractivity contribution in [1.82, 2.24) is 68.4 Å². The number of likely N-dealkylation sites (tertiary alicyclic amines) is 1. The van der Waals surface area contributed by atoms with E-state index in [9.17, 15) is 62.6 Å². The van der Waals surface area contributed by atoms with Crippen LogP contribution in [0.25, 0.3) is 10.9 Å². The third-order valence-corrected chi connectivity index (χ3v) is 20.2. The number of H-pyrrole nitrogens is 1. The molecule has 0 bridgehead atoms. The van der Waals surface area contributed by atoms with Crippen molar-refractivity contribution in [2.75, 3.05) is 32.8 Å². The molecule has 0 unspecified atom stereocenters. The highest BCUT2D eigenvalue weighted by atomic mass is 16.3. The molecule has 13 amide bonds. The Kier molecular flexibility index (Phi) is 38.3. The van der Waals surface area contributed by atoms with Crippen LogP contribution in [-0.2, 0) is 88.0 Å². The van der Waals surface area contributed by atoms with Crippen LogP contribution in [-0.4, -0.2) is 203 Å². The maximum absolute atomic E-state index is 15.1. The molecule has 1 aliphatic rings. The number of carbonyl (C=O) groups is 13. The zero-order valence-electron chi connectivity index (χ0n) is 67.8. The number of aliphatic hydroxyl groups is 1. The fourth-order valence-corrected chi connectivity index (χ4v) is 13.6. The van der Waals surface area contributed by atoms with Gasteiger partial charge in [-0.3, -0.25) is 67.3 Å². The summed E-state index contributed by atoms with van der Waals surface area (Å²) < 4.78 is 0. The molecule has 2 heterocycles. The average molecular weight is 1610 g/mol. The lowest BCUT2D eigenvalue weighted by atomic mass is 9.96. The first-order valence-corrected chi connectivity index (χ1v) is 40.0. The number of hydrogen-bond acceptors (Lipinski definition) is 17. The molecule has 33 heteroatoms. The quantitative estimate of drug-likeness (QED) is 0.0140. The number of benzene rings is 4. The molecule has 0 spiro atoms. The number of aliphatic hydroxyl groups excluding tert-OH is 1. The predicted octanol–water partition coefficient (Wildman–Crippen LogP) is 0.175. The van der Waals surface area contributed by atoms with E-state index in [0.717, 1.165) is 16.5 Å². The molecule has 0 radical (unpaired) electrons. The van der Waals surface area contributed by atoms with Crippen LogP contribution < -0.4 is 87.2 Å². The second kappa shape index (κ2) is 47.5. The summed E-state index contributed by atoms with van der Waals surface area (Å²) in [7, 11) is 0. The summed E-state index contributed by atoms with van der Waals surface area (Å²) in [5.74, 6) is -11.5. The van der Waals surface area contributed by atoms with E-state index in [0.29, 0.717) is 36.0 Å². The molecule has 0 saturated carbocycles. The number of hydrogen-bond donors (Lipinski definition) is 18. The molecule has 1 aromatic heterocycles. The normalized spacial score (nSPS) is 15.7. The monoisotopic (exact) mass is 1610 g/mol. The van der Waals surface area contributed by atoms with Crippen LogP contribution in [0.2, 0.25) is 0 Å². The fraction of sp³-hybridized carbons (Fsp3) is 0.518. The van der Waals surface area contributed by atoms with Crippen molar-refractivity contribution in [2.45, 2.75) is 218 Å². The molecule has 0 aliphatic carbocycles. The Hall–Kier alpha value is -11.3. The lowest BCUT2D eigenvalue weighted by Gasteiger charge is -2.32. The van der Waals surface area contributed by atoms with Crippen molar-refractivity contribution in [2.24, 2.45) is 57.3 Å². The van der Waals surface area contributed by atoms with E-state index in [-0.39, 0.29) is 108 Å². The molecule has 23 N–H and O–H groups in total. The predicted molar refractivity (Wildman–Crippen MR) is 440 cm³/mol. The van der Waals surface area contributed by atoms with E-state index in [4.69, 9.17) is 28.7 Å². The van der Waals surface area contributed by atoms with Gasteiger partial charge >= 0.3 is 0 Å². The largest absolute Gasteiger partial charge is 0.394 e. The third-order valence-electron chi connectivity index (χ3n) is 20.2. The molecule has 5 aromatic rings. The third kappa shape index (κ3) is 30.1. The number of aliphatic imine (C=N–C) groups is 1. The van der Waals surface area contributed by atoms with Crippen molar-refractivity contribution in [1.29, 1.82) is 0 Å². The van der Waals surface area contributed by atoms with Crippen LogP contribution in [0.1, 0.15) is 142 Å². The van der Waals surface area contributed by atoms with Gasteiger partial charge in [-0.1, -0.05) is 171 Å². The maximum Gasteiger partial charge on any atom is 0.246 e. The number of unbranched alkanes of at least 4 members (excludes halogenated alkanes) is 1. The Morgan fingerprint density at radius 2 is 0.983 bits per heavy atom. The van der Waals surface area contributed by atoms with Gasteiger partial charge in [-0.05, 0) is 123 Å². The molecular weight excluding hydrogens is 1490 g/mol. The summed E-state index contributed by atoms with van der Waals surface area (Å²) in [5.41, 5.74) is 32.3. The summed E-state index contributed by atoms with van der Waals surface area (Å²) in [6.07, 6.45) is 3.53. The van der Waals surface area contributed by atoms with Crippen molar-refractivity contribution in [3.63, 3.8) is 0 Å². The Balaban J connectivity index is 1.20. The number of para-hydroxylation sites is 1. The van der Waals surface area contributed by atoms with E-state index in [1.165, 1.54) is 4.90 Å². The van der Waals surface area contributed by atoms with Gasteiger partial charge in [0, 0.05) is 49.5 Å². The van der Waals surface area contributed by atoms with Gasteiger partial charge in [-0.2, -0.15) is 0 Å². The molecule has 116 heavy (non-hydrogen) atoms. The molecule has 1 saturated heterocycles. The van der Waals surface area contributed by atoms with Crippen molar-refractivity contribution in [3.8, 4) is 0 Å². The highest BCUT2D eigenvalue weighted by Crippen LogP contribution is 2.24. The van der Waals surface area contributed by atoms with Crippen molar-refractivity contribution >= 4 is 93.7 Å². The second-order valence-electron chi connectivity index (χ2n) is 30.9. The smallest absolute Gasteiger partial charge is 0.246 e. The molecule has 4 aromatic carbocycles. The number of fused-ring (bicyclic) bond motifs is 1. The Morgan fingerprint density at radius 3 is 1.53 bits per heavy atom. The topological polar surface area (TPSA) is 536 Å². The van der Waals surface area contributed by atoms with Crippen molar-refractivity contribution in [3.05, 3.63) is 144 Å². The van der Waals surface area contributed by atoms with Crippen LogP contribution in [0.5, 0.6) is 0 Å². The van der Waals surface area contributed by atoms with Gasteiger partial charge in [0.1, 0.15) is 66.5 Å². The zero-order chi connectivity index (χ0) is 85.1. The van der Waals surface area contributed by atoms with Gasteiger partial charge in [-0.15, -0.1) is 0 Å². The van der Waals surface area contributed by atoms with E-state index < -0.39 is 174 Å². The number of nitrogens with zero attached hydrogens (tertiary/aromatic N) is 2. The minimum atomic E-state index is -1.77. The molecule has 1 fully saturated rings. The van der Waals surface area contributed by atoms with Crippen LogP contribution in [0.15, 0.2) is 126 Å². The van der Waals surface area contributed by atoms with E-state index in [1.807, 2.05) is 68.4 Å². The molecule has 13 atom stereocenters. The molecule has 632 valence electrons. The number of guanidine groups is 1. The Morgan fingerprint density at radius 1 is 0.509 bits per heavy atom. The number of nitrogens with two attached hydrogens (primary N) is 5. The lowest BCUT2D eigenvalue weighted by Crippen LogP contribution is -2.61. The minimum Gasteiger partial charge on any atom is -0.394 e. The summed E-state index contributed by atoms with van der Waals surface area (Å²) >= 11 is 0. The number of nitrogens with one attached hydrogen (secondary N) is 12.